The summed E-state index contributed by atoms with van der Waals surface area (Å²) in [6.45, 7) is 8.89. The zero-order valence-electron chi connectivity index (χ0n) is 16.9. The molecule has 2 unspecified atom stereocenters. The van der Waals surface area contributed by atoms with Crippen molar-refractivity contribution in [2.75, 3.05) is 0 Å². The molecule has 1 fully saturated rings. The van der Waals surface area contributed by atoms with Gasteiger partial charge in [0.1, 0.15) is 12.6 Å². The zero-order chi connectivity index (χ0) is 18.3. The second-order valence-electron chi connectivity index (χ2n) is 8.13. The van der Waals surface area contributed by atoms with Crippen molar-refractivity contribution in [2.45, 2.75) is 118 Å². The molecule has 0 aliphatic heterocycles. The highest BCUT2D eigenvalue weighted by atomic mass is 16.1. The van der Waals surface area contributed by atoms with Gasteiger partial charge in [-0.05, 0) is 31.1 Å². The van der Waals surface area contributed by atoms with Gasteiger partial charge in [0.2, 0.25) is 0 Å². The van der Waals surface area contributed by atoms with Crippen LogP contribution in [0.25, 0.3) is 0 Å². The molecule has 1 aliphatic carbocycles. The van der Waals surface area contributed by atoms with Gasteiger partial charge in [-0.25, -0.2) is 0 Å². The molecular weight excluding hydrogens is 296 g/mol. The number of carbonyl (C=O) groups excluding carboxylic acids is 2. The summed E-state index contributed by atoms with van der Waals surface area (Å²) in [4.78, 5) is 21.1. The van der Waals surface area contributed by atoms with E-state index in [2.05, 4.69) is 27.7 Å². The van der Waals surface area contributed by atoms with Gasteiger partial charge < -0.3 is 9.59 Å². The highest BCUT2D eigenvalue weighted by Gasteiger charge is 2.45. The Bertz CT molecular complexity index is 322. The maximum atomic E-state index is 11.2. The summed E-state index contributed by atoms with van der Waals surface area (Å²) in [6, 6.07) is 0. The highest BCUT2D eigenvalue weighted by Crippen LogP contribution is 2.51. The van der Waals surface area contributed by atoms with Crippen LogP contribution in [0.15, 0.2) is 0 Å². The fraction of sp³-hybridized carbons (Fsp3) is 0.909. The largest absolute Gasteiger partial charge is 0.303 e. The minimum absolute atomic E-state index is 0.0543. The van der Waals surface area contributed by atoms with Crippen LogP contribution in [0.4, 0.5) is 0 Å². The third-order valence-corrected chi connectivity index (χ3v) is 6.04. The molecule has 0 N–H and O–H groups in total. The minimum Gasteiger partial charge on any atom is -0.303 e. The van der Waals surface area contributed by atoms with Crippen LogP contribution in [0.1, 0.15) is 118 Å². The van der Waals surface area contributed by atoms with Gasteiger partial charge in [0, 0.05) is 11.8 Å². The third-order valence-electron chi connectivity index (χ3n) is 6.04. The molecule has 1 saturated carbocycles. The van der Waals surface area contributed by atoms with E-state index in [1.165, 1.54) is 76.9 Å². The van der Waals surface area contributed by atoms with Gasteiger partial charge in [0.05, 0.1) is 0 Å². The second kappa shape index (κ2) is 13.6. The number of hydrogen-bond donors (Lipinski definition) is 0. The molecule has 0 saturated heterocycles. The van der Waals surface area contributed by atoms with E-state index in [0.717, 1.165) is 25.5 Å². The predicted octanol–water partition coefficient (Wildman–Crippen LogP) is 6.90. The molecule has 0 bridgehead atoms. The standard InChI is InChI=1S/C12H22O.C10H20O/c1-4-7-11(2)8-5-6-9-12(11,3)10-13;1-2-3-4-5-6-7-8-9-10-11/h10H,4-9H2,1-3H3;10H,2-9H2,1H3. The Hall–Kier alpha value is -0.660. The SMILES string of the molecule is CCCC1(C)CCCCC1(C)C=O.CCCCCCCCCC=O. The van der Waals surface area contributed by atoms with Gasteiger partial charge in [-0.2, -0.15) is 0 Å². The van der Waals surface area contributed by atoms with Crippen LogP contribution in [-0.2, 0) is 9.59 Å². The fourth-order valence-corrected chi connectivity index (χ4v) is 3.94. The lowest BCUT2D eigenvalue weighted by Crippen LogP contribution is -2.41. The Kier molecular flexibility index (Phi) is 13.2. The van der Waals surface area contributed by atoms with E-state index < -0.39 is 0 Å². The molecule has 0 aromatic heterocycles. The smallest absolute Gasteiger partial charge is 0.126 e. The first-order valence-corrected chi connectivity index (χ1v) is 10.4. The summed E-state index contributed by atoms with van der Waals surface area (Å²) in [5.74, 6) is 0. The molecule has 0 aromatic rings. The summed E-state index contributed by atoms with van der Waals surface area (Å²) < 4.78 is 0. The summed E-state index contributed by atoms with van der Waals surface area (Å²) in [7, 11) is 0. The fourth-order valence-electron chi connectivity index (χ4n) is 3.94. The van der Waals surface area contributed by atoms with Crippen molar-refractivity contribution in [1.29, 1.82) is 0 Å². The molecule has 0 radical (unpaired) electrons. The van der Waals surface area contributed by atoms with Gasteiger partial charge in [0.15, 0.2) is 0 Å². The van der Waals surface area contributed by atoms with E-state index in [9.17, 15) is 9.59 Å². The van der Waals surface area contributed by atoms with Gasteiger partial charge in [-0.1, -0.05) is 85.5 Å². The Morgan fingerprint density at radius 2 is 1.38 bits per heavy atom. The maximum absolute atomic E-state index is 11.2. The van der Waals surface area contributed by atoms with Gasteiger partial charge in [-0.15, -0.1) is 0 Å². The van der Waals surface area contributed by atoms with Crippen LogP contribution in [0.5, 0.6) is 0 Å². The topological polar surface area (TPSA) is 34.1 Å². The number of carbonyl (C=O) groups is 2. The van der Waals surface area contributed by atoms with Crippen LogP contribution < -0.4 is 0 Å². The Labute approximate surface area is 151 Å². The zero-order valence-corrected chi connectivity index (χ0v) is 16.9. The van der Waals surface area contributed by atoms with Gasteiger partial charge in [-0.3, -0.25) is 0 Å². The first kappa shape index (κ1) is 23.3. The van der Waals surface area contributed by atoms with Crippen LogP contribution in [0.2, 0.25) is 0 Å². The van der Waals surface area contributed by atoms with E-state index in [1.807, 2.05) is 0 Å². The van der Waals surface area contributed by atoms with Crippen LogP contribution >= 0.6 is 0 Å². The molecule has 2 nitrogen and oxygen atoms in total. The Morgan fingerprint density at radius 3 is 1.92 bits per heavy atom. The number of aldehydes is 2. The molecule has 0 spiro atoms. The van der Waals surface area contributed by atoms with Crippen molar-refractivity contribution in [3.05, 3.63) is 0 Å². The first-order chi connectivity index (χ1) is 11.5. The monoisotopic (exact) mass is 338 g/mol. The average molecular weight is 339 g/mol. The quantitative estimate of drug-likeness (QED) is 0.303. The average Bonchev–Trinajstić information content (AvgIpc) is 2.58. The predicted molar refractivity (Wildman–Crippen MR) is 104 cm³/mol. The normalized spacial score (nSPS) is 26.3. The number of unbranched alkanes of at least 4 members (excludes halogenated alkanes) is 7. The van der Waals surface area contributed by atoms with Gasteiger partial charge >= 0.3 is 0 Å². The first-order valence-electron chi connectivity index (χ1n) is 10.4. The van der Waals surface area contributed by atoms with Crippen molar-refractivity contribution in [3.63, 3.8) is 0 Å². The summed E-state index contributed by atoms with van der Waals surface area (Å²) in [5.41, 5.74) is 0.211. The van der Waals surface area contributed by atoms with Gasteiger partial charge in [0.25, 0.3) is 0 Å². The maximum Gasteiger partial charge on any atom is 0.126 e. The van der Waals surface area contributed by atoms with Crippen molar-refractivity contribution in [2.24, 2.45) is 10.8 Å². The van der Waals surface area contributed by atoms with E-state index in [1.54, 1.807) is 0 Å². The van der Waals surface area contributed by atoms with Crippen LogP contribution in [-0.4, -0.2) is 12.6 Å². The van der Waals surface area contributed by atoms with Crippen molar-refractivity contribution in [3.8, 4) is 0 Å². The third kappa shape index (κ3) is 8.44. The Morgan fingerprint density at radius 1 is 0.792 bits per heavy atom. The number of rotatable bonds is 11. The molecular formula is C22H42O2. The lowest BCUT2D eigenvalue weighted by molar-refractivity contribution is -0.125. The van der Waals surface area contributed by atoms with E-state index in [0.29, 0.717) is 0 Å². The van der Waals surface area contributed by atoms with E-state index in [4.69, 9.17) is 0 Å². The van der Waals surface area contributed by atoms with Crippen molar-refractivity contribution in [1.82, 2.24) is 0 Å². The molecule has 1 rings (SSSR count). The summed E-state index contributed by atoms with van der Waals surface area (Å²) in [5, 5.41) is 0. The van der Waals surface area contributed by atoms with Crippen LogP contribution in [0, 0.1) is 10.8 Å². The molecule has 0 amide bonds. The minimum atomic E-state index is -0.0543. The Balaban J connectivity index is 0.000000449. The molecule has 142 valence electrons. The molecule has 0 aromatic carbocycles. The lowest BCUT2D eigenvalue weighted by atomic mass is 9.57. The molecule has 24 heavy (non-hydrogen) atoms. The molecule has 2 heteroatoms. The molecule has 2 atom stereocenters. The van der Waals surface area contributed by atoms with Crippen LogP contribution in [0.3, 0.4) is 0 Å². The lowest BCUT2D eigenvalue weighted by Gasteiger charge is -2.47. The van der Waals surface area contributed by atoms with E-state index in [-0.39, 0.29) is 10.8 Å². The molecule has 0 heterocycles. The molecule has 1 aliphatic rings. The number of hydrogen-bond acceptors (Lipinski definition) is 2. The van der Waals surface area contributed by atoms with Crippen molar-refractivity contribution >= 4 is 12.6 Å². The highest BCUT2D eigenvalue weighted by molar-refractivity contribution is 5.60. The van der Waals surface area contributed by atoms with E-state index >= 15 is 0 Å². The second-order valence-corrected chi connectivity index (χ2v) is 8.13. The summed E-state index contributed by atoms with van der Waals surface area (Å²) >= 11 is 0. The summed E-state index contributed by atoms with van der Waals surface area (Å²) in [6.07, 6.45) is 19.3. The van der Waals surface area contributed by atoms with Crippen molar-refractivity contribution < 1.29 is 9.59 Å².